The SMILES string of the molecule is COCCC(C)NC1CCCC2OCCC12. The molecule has 3 nitrogen and oxygen atoms in total. The summed E-state index contributed by atoms with van der Waals surface area (Å²) in [7, 11) is 1.77. The summed E-state index contributed by atoms with van der Waals surface area (Å²) in [5, 5.41) is 3.77. The Kier molecular flexibility index (Phi) is 4.62. The molecule has 16 heavy (non-hydrogen) atoms. The van der Waals surface area contributed by atoms with Crippen molar-refractivity contribution in [3.05, 3.63) is 0 Å². The first kappa shape index (κ1) is 12.3. The smallest absolute Gasteiger partial charge is 0.0619 e. The molecule has 2 fully saturated rings. The van der Waals surface area contributed by atoms with Crippen LogP contribution in [0.5, 0.6) is 0 Å². The average molecular weight is 227 g/mol. The molecule has 2 aliphatic rings. The molecule has 4 atom stereocenters. The van der Waals surface area contributed by atoms with Gasteiger partial charge in [0.25, 0.3) is 0 Å². The molecule has 1 saturated carbocycles. The Labute approximate surface area is 98.9 Å². The lowest BCUT2D eigenvalue weighted by atomic mass is 9.81. The lowest BCUT2D eigenvalue weighted by molar-refractivity contribution is 0.0505. The Morgan fingerprint density at radius 3 is 3.06 bits per heavy atom. The number of methoxy groups -OCH3 is 1. The van der Waals surface area contributed by atoms with E-state index in [1.165, 1.54) is 25.7 Å². The number of hydrogen-bond donors (Lipinski definition) is 1. The molecule has 3 heteroatoms. The number of hydrogen-bond acceptors (Lipinski definition) is 3. The summed E-state index contributed by atoms with van der Waals surface area (Å²) < 4.78 is 10.9. The Balaban J connectivity index is 1.79. The first-order valence-electron chi connectivity index (χ1n) is 6.68. The third-order valence-electron chi connectivity index (χ3n) is 4.03. The monoisotopic (exact) mass is 227 g/mol. The van der Waals surface area contributed by atoms with E-state index in [1.54, 1.807) is 7.11 Å². The van der Waals surface area contributed by atoms with Gasteiger partial charge in [-0.2, -0.15) is 0 Å². The van der Waals surface area contributed by atoms with Gasteiger partial charge in [-0.15, -0.1) is 0 Å². The van der Waals surface area contributed by atoms with Crippen molar-refractivity contribution in [3.63, 3.8) is 0 Å². The van der Waals surface area contributed by atoms with Crippen LogP contribution in [0.25, 0.3) is 0 Å². The van der Waals surface area contributed by atoms with Crippen LogP contribution in [0.3, 0.4) is 0 Å². The van der Waals surface area contributed by atoms with Crippen LogP contribution in [0.1, 0.15) is 39.0 Å². The van der Waals surface area contributed by atoms with Crippen LogP contribution in [0.2, 0.25) is 0 Å². The predicted molar refractivity (Wildman–Crippen MR) is 64.6 cm³/mol. The third kappa shape index (κ3) is 2.96. The zero-order chi connectivity index (χ0) is 11.4. The summed E-state index contributed by atoms with van der Waals surface area (Å²) >= 11 is 0. The molecule has 1 N–H and O–H groups in total. The molecule has 0 radical (unpaired) electrons. The molecule has 0 aromatic heterocycles. The second-order valence-corrected chi connectivity index (χ2v) is 5.25. The summed E-state index contributed by atoms with van der Waals surface area (Å²) in [6.07, 6.45) is 6.80. The second kappa shape index (κ2) is 5.99. The van der Waals surface area contributed by atoms with Crippen molar-refractivity contribution < 1.29 is 9.47 Å². The Morgan fingerprint density at radius 1 is 1.38 bits per heavy atom. The Hall–Kier alpha value is -0.120. The van der Waals surface area contributed by atoms with Gasteiger partial charge in [0.2, 0.25) is 0 Å². The standard InChI is InChI=1S/C13H25NO2/c1-10(6-8-15-2)14-12-4-3-5-13-11(12)7-9-16-13/h10-14H,3-9H2,1-2H3. The molecule has 0 aromatic carbocycles. The maximum absolute atomic E-state index is 5.79. The Bertz CT molecular complexity index is 210. The van der Waals surface area contributed by atoms with E-state index in [9.17, 15) is 0 Å². The molecular formula is C13H25NO2. The minimum atomic E-state index is 0.542. The molecule has 94 valence electrons. The van der Waals surface area contributed by atoms with Gasteiger partial charge >= 0.3 is 0 Å². The topological polar surface area (TPSA) is 30.5 Å². The molecule has 2 rings (SSSR count). The highest BCUT2D eigenvalue weighted by Crippen LogP contribution is 2.34. The van der Waals surface area contributed by atoms with Crippen LogP contribution in [0.15, 0.2) is 0 Å². The summed E-state index contributed by atoms with van der Waals surface area (Å²) in [5.74, 6) is 0.763. The van der Waals surface area contributed by atoms with E-state index in [0.29, 0.717) is 18.2 Å². The van der Waals surface area contributed by atoms with E-state index < -0.39 is 0 Å². The van der Waals surface area contributed by atoms with Gasteiger partial charge in [-0.25, -0.2) is 0 Å². The highest BCUT2D eigenvalue weighted by Gasteiger charge is 2.37. The molecule has 1 saturated heterocycles. The fraction of sp³-hybridized carbons (Fsp3) is 1.00. The van der Waals surface area contributed by atoms with Crippen molar-refractivity contribution in [2.24, 2.45) is 5.92 Å². The van der Waals surface area contributed by atoms with Gasteiger partial charge in [-0.3, -0.25) is 0 Å². The van der Waals surface area contributed by atoms with Gasteiger partial charge in [-0.05, 0) is 39.0 Å². The van der Waals surface area contributed by atoms with Gasteiger partial charge < -0.3 is 14.8 Å². The molecule has 1 heterocycles. The second-order valence-electron chi connectivity index (χ2n) is 5.25. The number of ether oxygens (including phenoxy) is 2. The lowest BCUT2D eigenvalue weighted by Crippen LogP contribution is -2.46. The van der Waals surface area contributed by atoms with Crippen molar-refractivity contribution in [2.75, 3.05) is 20.3 Å². The fourth-order valence-corrected chi connectivity index (χ4v) is 3.13. The quantitative estimate of drug-likeness (QED) is 0.779. The predicted octanol–water partition coefficient (Wildman–Crippen LogP) is 1.96. The highest BCUT2D eigenvalue weighted by atomic mass is 16.5. The zero-order valence-corrected chi connectivity index (χ0v) is 10.6. The maximum atomic E-state index is 5.79. The van der Waals surface area contributed by atoms with Gasteiger partial charge in [0.15, 0.2) is 0 Å². The average Bonchev–Trinajstić information content (AvgIpc) is 2.75. The van der Waals surface area contributed by atoms with Crippen LogP contribution in [-0.4, -0.2) is 38.5 Å². The molecule has 1 aliphatic heterocycles. The minimum Gasteiger partial charge on any atom is -0.385 e. The van der Waals surface area contributed by atoms with Crippen LogP contribution in [-0.2, 0) is 9.47 Å². The molecule has 0 amide bonds. The molecule has 4 unspecified atom stereocenters. The van der Waals surface area contributed by atoms with Crippen molar-refractivity contribution in [1.82, 2.24) is 5.32 Å². The zero-order valence-electron chi connectivity index (χ0n) is 10.6. The van der Waals surface area contributed by atoms with Crippen LogP contribution in [0, 0.1) is 5.92 Å². The number of nitrogens with one attached hydrogen (secondary N) is 1. The summed E-state index contributed by atoms with van der Waals surface area (Å²) in [6.45, 7) is 4.09. The van der Waals surface area contributed by atoms with E-state index in [2.05, 4.69) is 12.2 Å². The summed E-state index contributed by atoms with van der Waals surface area (Å²) in [5.41, 5.74) is 0. The third-order valence-corrected chi connectivity index (χ3v) is 4.03. The van der Waals surface area contributed by atoms with E-state index in [1.807, 2.05) is 0 Å². The molecule has 0 spiro atoms. The molecular weight excluding hydrogens is 202 g/mol. The minimum absolute atomic E-state index is 0.542. The van der Waals surface area contributed by atoms with Crippen molar-refractivity contribution in [2.45, 2.75) is 57.2 Å². The summed E-state index contributed by atoms with van der Waals surface area (Å²) in [4.78, 5) is 0. The lowest BCUT2D eigenvalue weighted by Gasteiger charge is -2.35. The van der Waals surface area contributed by atoms with Gasteiger partial charge in [0, 0.05) is 38.3 Å². The van der Waals surface area contributed by atoms with Crippen molar-refractivity contribution in [1.29, 1.82) is 0 Å². The molecule has 1 aliphatic carbocycles. The van der Waals surface area contributed by atoms with Crippen LogP contribution < -0.4 is 5.32 Å². The first-order chi connectivity index (χ1) is 7.81. The maximum Gasteiger partial charge on any atom is 0.0619 e. The van der Waals surface area contributed by atoms with Gasteiger partial charge in [-0.1, -0.05) is 0 Å². The van der Waals surface area contributed by atoms with Crippen LogP contribution in [0.4, 0.5) is 0 Å². The van der Waals surface area contributed by atoms with E-state index in [0.717, 1.165) is 25.6 Å². The van der Waals surface area contributed by atoms with Gasteiger partial charge in [0.05, 0.1) is 6.10 Å². The first-order valence-corrected chi connectivity index (χ1v) is 6.68. The largest absolute Gasteiger partial charge is 0.385 e. The normalized spacial score (nSPS) is 36.0. The molecule has 0 bridgehead atoms. The van der Waals surface area contributed by atoms with Gasteiger partial charge in [0.1, 0.15) is 0 Å². The number of rotatable bonds is 5. The summed E-state index contributed by atoms with van der Waals surface area (Å²) in [6, 6.07) is 1.23. The van der Waals surface area contributed by atoms with E-state index in [-0.39, 0.29) is 0 Å². The van der Waals surface area contributed by atoms with Crippen LogP contribution >= 0.6 is 0 Å². The molecule has 0 aromatic rings. The Morgan fingerprint density at radius 2 is 2.25 bits per heavy atom. The fourth-order valence-electron chi connectivity index (χ4n) is 3.13. The van der Waals surface area contributed by atoms with Crippen molar-refractivity contribution in [3.8, 4) is 0 Å². The van der Waals surface area contributed by atoms with E-state index >= 15 is 0 Å². The van der Waals surface area contributed by atoms with Crippen molar-refractivity contribution >= 4 is 0 Å². The van der Waals surface area contributed by atoms with E-state index in [4.69, 9.17) is 9.47 Å². The highest BCUT2D eigenvalue weighted by molar-refractivity contribution is 4.91. The number of fused-ring (bicyclic) bond motifs is 1.